The monoisotopic (exact) mass is 419 g/mol. The van der Waals surface area contributed by atoms with Gasteiger partial charge in [0.05, 0.1) is 7.11 Å². The number of hydrogen-bond acceptors (Lipinski definition) is 4. The molecule has 0 fully saturated rings. The van der Waals surface area contributed by atoms with Gasteiger partial charge in [-0.05, 0) is 67.1 Å². The van der Waals surface area contributed by atoms with Gasteiger partial charge in [-0.3, -0.25) is 9.59 Å². The van der Waals surface area contributed by atoms with Crippen molar-refractivity contribution >= 4 is 23.5 Å². The molecule has 0 aliphatic heterocycles. The largest absolute Gasteiger partial charge is 0.493 e. The van der Waals surface area contributed by atoms with Crippen LogP contribution in [-0.4, -0.2) is 25.4 Å². The zero-order chi connectivity index (χ0) is 22.2. The SMILES string of the molecule is COc1cc(/C=C/C(=O)c2ccc(F)cc2)ccc1OCC(=O)Nc1ccc(C)cc1. The van der Waals surface area contributed by atoms with Gasteiger partial charge in [0.2, 0.25) is 0 Å². The van der Waals surface area contributed by atoms with E-state index in [1.165, 1.54) is 37.5 Å². The molecule has 0 atom stereocenters. The van der Waals surface area contributed by atoms with Crippen LogP contribution in [0, 0.1) is 12.7 Å². The van der Waals surface area contributed by atoms with Crippen LogP contribution >= 0.6 is 0 Å². The second kappa shape index (κ2) is 10.2. The maximum Gasteiger partial charge on any atom is 0.262 e. The molecule has 0 bridgehead atoms. The van der Waals surface area contributed by atoms with Crippen LogP contribution in [-0.2, 0) is 4.79 Å². The maximum atomic E-state index is 13.0. The number of hydrogen-bond donors (Lipinski definition) is 1. The Bertz CT molecular complexity index is 1090. The number of carbonyl (C=O) groups excluding carboxylic acids is 2. The Morgan fingerprint density at radius 3 is 2.35 bits per heavy atom. The average molecular weight is 419 g/mol. The normalized spacial score (nSPS) is 10.7. The fourth-order valence-electron chi connectivity index (χ4n) is 2.77. The third-order valence-electron chi connectivity index (χ3n) is 4.44. The Labute approximate surface area is 180 Å². The summed E-state index contributed by atoms with van der Waals surface area (Å²) in [7, 11) is 1.49. The van der Waals surface area contributed by atoms with E-state index in [4.69, 9.17) is 9.47 Å². The Morgan fingerprint density at radius 2 is 1.68 bits per heavy atom. The van der Waals surface area contributed by atoms with Crippen LogP contribution in [0.25, 0.3) is 6.08 Å². The van der Waals surface area contributed by atoms with Gasteiger partial charge in [-0.15, -0.1) is 0 Å². The maximum absolute atomic E-state index is 13.0. The molecule has 31 heavy (non-hydrogen) atoms. The van der Waals surface area contributed by atoms with E-state index in [1.807, 2.05) is 31.2 Å². The fraction of sp³-hybridized carbons (Fsp3) is 0.120. The number of amides is 1. The Balaban J connectivity index is 1.61. The summed E-state index contributed by atoms with van der Waals surface area (Å²) in [6, 6.07) is 17.9. The molecule has 0 unspecified atom stereocenters. The van der Waals surface area contributed by atoms with E-state index >= 15 is 0 Å². The molecule has 0 saturated heterocycles. The van der Waals surface area contributed by atoms with Gasteiger partial charge < -0.3 is 14.8 Å². The quantitative estimate of drug-likeness (QED) is 0.410. The number of nitrogens with one attached hydrogen (secondary N) is 1. The molecule has 6 heteroatoms. The lowest BCUT2D eigenvalue weighted by molar-refractivity contribution is -0.118. The van der Waals surface area contributed by atoms with Crippen molar-refractivity contribution in [3.63, 3.8) is 0 Å². The van der Waals surface area contributed by atoms with Crippen molar-refractivity contribution in [2.45, 2.75) is 6.92 Å². The molecule has 0 radical (unpaired) electrons. The molecule has 0 aliphatic carbocycles. The fourth-order valence-corrected chi connectivity index (χ4v) is 2.77. The van der Waals surface area contributed by atoms with Crippen molar-refractivity contribution in [2.24, 2.45) is 0 Å². The summed E-state index contributed by atoms with van der Waals surface area (Å²) in [5.41, 5.74) is 2.90. The summed E-state index contributed by atoms with van der Waals surface area (Å²) in [6.07, 6.45) is 3.03. The number of aryl methyl sites for hydroxylation is 1. The summed E-state index contributed by atoms with van der Waals surface area (Å²) >= 11 is 0. The molecule has 1 amide bonds. The minimum Gasteiger partial charge on any atom is -0.493 e. The number of anilines is 1. The highest BCUT2D eigenvalue weighted by atomic mass is 19.1. The van der Waals surface area contributed by atoms with Gasteiger partial charge in [-0.1, -0.05) is 29.8 Å². The summed E-state index contributed by atoms with van der Waals surface area (Å²) in [5, 5.41) is 2.76. The third-order valence-corrected chi connectivity index (χ3v) is 4.44. The van der Waals surface area contributed by atoms with Gasteiger partial charge in [-0.2, -0.15) is 0 Å². The van der Waals surface area contributed by atoms with Crippen LogP contribution in [0.5, 0.6) is 11.5 Å². The Morgan fingerprint density at radius 1 is 0.968 bits per heavy atom. The topological polar surface area (TPSA) is 64.6 Å². The predicted molar refractivity (Wildman–Crippen MR) is 118 cm³/mol. The number of carbonyl (C=O) groups is 2. The molecule has 1 N–H and O–H groups in total. The molecule has 0 aliphatic rings. The molecule has 3 aromatic carbocycles. The van der Waals surface area contributed by atoms with Crippen LogP contribution in [0.1, 0.15) is 21.5 Å². The van der Waals surface area contributed by atoms with Gasteiger partial charge in [-0.25, -0.2) is 4.39 Å². The summed E-state index contributed by atoms with van der Waals surface area (Å²) in [5.74, 6) is -0.0941. The van der Waals surface area contributed by atoms with E-state index in [2.05, 4.69) is 5.32 Å². The molecule has 0 saturated carbocycles. The minimum absolute atomic E-state index is 0.178. The molecule has 5 nitrogen and oxygen atoms in total. The predicted octanol–water partition coefficient (Wildman–Crippen LogP) is 5.06. The first-order valence-corrected chi connectivity index (χ1v) is 9.60. The van der Waals surface area contributed by atoms with E-state index in [0.29, 0.717) is 28.3 Å². The smallest absolute Gasteiger partial charge is 0.262 e. The Hall–Kier alpha value is -3.93. The number of halogens is 1. The average Bonchev–Trinajstić information content (AvgIpc) is 2.78. The van der Waals surface area contributed by atoms with Gasteiger partial charge in [0.1, 0.15) is 5.82 Å². The Kier molecular flexibility index (Phi) is 7.17. The van der Waals surface area contributed by atoms with Crippen molar-refractivity contribution in [3.05, 3.63) is 95.3 Å². The van der Waals surface area contributed by atoms with Gasteiger partial charge in [0, 0.05) is 11.3 Å². The summed E-state index contributed by atoms with van der Waals surface area (Å²) in [4.78, 5) is 24.3. The number of rotatable bonds is 8. The molecular weight excluding hydrogens is 397 g/mol. The van der Waals surface area contributed by atoms with Crippen LogP contribution < -0.4 is 14.8 Å². The first kappa shape index (κ1) is 21.8. The van der Waals surface area contributed by atoms with Gasteiger partial charge in [0.15, 0.2) is 23.9 Å². The van der Waals surface area contributed by atoms with E-state index in [0.717, 1.165) is 5.56 Å². The third kappa shape index (κ3) is 6.27. The lowest BCUT2D eigenvalue weighted by Crippen LogP contribution is -2.20. The van der Waals surface area contributed by atoms with E-state index in [-0.39, 0.29) is 18.3 Å². The first-order chi connectivity index (χ1) is 14.9. The molecule has 3 rings (SSSR count). The molecule has 158 valence electrons. The number of ether oxygens (including phenoxy) is 2. The van der Waals surface area contributed by atoms with E-state index in [9.17, 15) is 14.0 Å². The number of allylic oxidation sites excluding steroid dienone is 1. The summed E-state index contributed by atoms with van der Waals surface area (Å²) < 4.78 is 23.9. The highest BCUT2D eigenvalue weighted by Crippen LogP contribution is 2.28. The van der Waals surface area contributed by atoms with Crippen LogP contribution in [0.4, 0.5) is 10.1 Å². The standard InChI is InChI=1S/C25H22FNO4/c1-17-3-11-21(12-4-17)27-25(29)16-31-23-14-6-18(15-24(23)30-2)5-13-22(28)19-7-9-20(26)10-8-19/h3-15H,16H2,1-2H3,(H,27,29)/b13-5+. The van der Waals surface area contributed by atoms with Crippen molar-refractivity contribution in [1.29, 1.82) is 0 Å². The van der Waals surface area contributed by atoms with Crippen molar-refractivity contribution in [2.75, 3.05) is 19.0 Å². The van der Waals surface area contributed by atoms with Crippen molar-refractivity contribution < 1.29 is 23.5 Å². The molecular formula is C25H22FNO4. The molecule has 3 aromatic rings. The molecule has 0 spiro atoms. The van der Waals surface area contributed by atoms with Crippen molar-refractivity contribution in [1.82, 2.24) is 0 Å². The van der Waals surface area contributed by atoms with Gasteiger partial charge in [0.25, 0.3) is 5.91 Å². The second-order valence-corrected chi connectivity index (χ2v) is 6.82. The lowest BCUT2D eigenvalue weighted by Gasteiger charge is -2.11. The summed E-state index contributed by atoms with van der Waals surface area (Å²) in [6.45, 7) is 1.79. The number of methoxy groups -OCH3 is 1. The van der Waals surface area contributed by atoms with Gasteiger partial charge >= 0.3 is 0 Å². The molecule has 0 heterocycles. The number of ketones is 1. The van der Waals surface area contributed by atoms with E-state index in [1.54, 1.807) is 24.3 Å². The number of benzene rings is 3. The highest BCUT2D eigenvalue weighted by Gasteiger charge is 2.09. The zero-order valence-electron chi connectivity index (χ0n) is 17.2. The van der Waals surface area contributed by atoms with Crippen LogP contribution in [0.2, 0.25) is 0 Å². The first-order valence-electron chi connectivity index (χ1n) is 9.60. The van der Waals surface area contributed by atoms with Crippen LogP contribution in [0.15, 0.2) is 72.8 Å². The van der Waals surface area contributed by atoms with Crippen molar-refractivity contribution in [3.8, 4) is 11.5 Å². The van der Waals surface area contributed by atoms with E-state index < -0.39 is 5.82 Å². The lowest BCUT2D eigenvalue weighted by atomic mass is 10.1. The molecule has 0 aromatic heterocycles. The minimum atomic E-state index is -0.395. The van der Waals surface area contributed by atoms with Crippen LogP contribution in [0.3, 0.4) is 0 Å². The second-order valence-electron chi connectivity index (χ2n) is 6.82. The highest BCUT2D eigenvalue weighted by molar-refractivity contribution is 6.06. The zero-order valence-corrected chi connectivity index (χ0v) is 17.2.